The van der Waals surface area contributed by atoms with Crippen molar-refractivity contribution in [2.75, 3.05) is 4.90 Å². The van der Waals surface area contributed by atoms with Crippen molar-refractivity contribution in [2.45, 2.75) is 12.5 Å². The Morgan fingerprint density at radius 2 is 1.75 bits per heavy atom. The van der Waals surface area contributed by atoms with Crippen molar-refractivity contribution in [3.63, 3.8) is 0 Å². The second-order valence-electron chi connectivity index (χ2n) is 4.78. The molecule has 2 nitrogen and oxygen atoms in total. The van der Waals surface area contributed by atoms with Gasteiger partial charge in [0.2, 0.25) is 0 Å². The molecule has 0 unspecified atom stereocenters. The Labute approximate surface area is 117 Å². The molecule has 0 aromatic heterocycles. The van der Waals surface area contributed by atoms with E-state index >= 15 is 0 Å². The van der Waals surface area contributed by atoms with Gasteiger partial charge in [-0.3, -0.25) is 0 Å². The van der Waals surface area contributed by atoms with Crippen LogP contribution in [0.2, 0.25) is 0 Å². The minimum absolute atomic E-state index is 0.172. The minimum atomic E-state index is -0.250. The van der Waals surface area contributed by atoms with E-state index in [1.165, 1.54) is 12.1 Å². The second kappa shape index (κ2) is 4.87. The van der Waals surface area contributed by atoms with E-state index in [9.17, 15) is 9.50 Å². The normalized spacial score (nSPS) is 17.6. The summed E-state index contributed by atoms with van der Waals surface area (Å²) in [6.07, 6.45) is 0.839. The highest BCUT2D eigenvalue weighted by Crippen LogP contribution is 2.44. The lowest BCUT2D eigenvalue weighted by molar-refractivity contribution is 0.474. The standard InChI is InChI=1S/C17H14FNO/c1-2-14-11-17(12-3-9-16(20)10-4-12)19(14)15-7-5-13(18)6-8-15/h3-10,17,20H,1,11H2/t17-/m0/s1. The molecular weight excluding hydrogens is 253 g/mol. The maximum absolute atomic E-state index is 13.0. The molecule has 0 radical (unpaired) electrons. The van der Waals surface area contributed by atoms with E-state index < -0.39 is 0 Å². The molecule has 1 aliphatic heterocycles. The first-order valence-corrected chi connectivity index (χ1v) is 6.41. The van der Waals surface area contributed by atoms with Crippen molar-refractivity contribution in [1.29, 1.82) is 0 Å². The molecule has 1 fully saturated rings. The van der Waals surface area contributed by atoms with Crippen LogP contribution in [0.1, 0.15) is 18.0 Å². The number of halogens is 1. The topological polar surface area (TPSA) is 23.5 Å². The summed E-state index contributed by atoms with van der Waals surface area (Å²) in [5, 5.41) is 9.36. The van der Waals surface area contributed by atoms with Gasteiger partial charge in [-0.15, -0.1) is 5.73 Å². The third-order valence-electron chi connectivity index (χ3n) is 3.58. The lowest BCUT2D eigenvalue weighted by atomic mass is 9.90. The summed E-state index contributed by atoms with van der Waals surface area (Å²) in [5.41, 5.74) is 5.94. The van der Waals surface area contributed by atoms with E-state index in [0.29, 0.717) is 0 Å². The second-order valence-corrected chi connectivity index (χ2v) is 4.78. The molecule has 0 bridgehead atoms. The number of nitrogens with zero attached hydrogens (tertiary/aromatic N) is 1. The maximum Gasteiger partial charge on any atom is 0.123 e. The third kappa shape index (κ3) is 2.09. The monoisotopic (exact) mass is 267 g/mol. The molecule has 0 spiro atoms. The number of benzene rings is 2. The van der Waals surface area contributed by atoms with Gasteiger partial charge in [-0.1, -0.05) is 18.7 Å². The van der Waals surface area contributed by atoms with Crippen LogP contribution in [0.15, 0.2) is 66.5 Å². The van der Waals surface area contributed by atoms with Crippen LogP contribution in [0, 0.1) is 5.82 Å². The quantitative estimate of drug-likeness (QED) is 0.826. The summed E-state index contributed by atoms with van der Waals surface area (Å²) in [6.45, 7) is 3.70. The summed E-state index contributed by atoms with van der Waals surface area (Å²) in [5.74, 6) is 0.000446. The zero-order valence-corrected chi connectivity index (χ0v) is 10.9. The van der Waals surface area contributed by atoms with Gasteiger partial charge in [0, 0.05) is 12.1 Å². The van der Waals surface area contributed by atoms with E-state index in [1.54, 1.807) is 24.3 Å². The summed E-state index contributed by atoms with van der Waals surface area (Å²) in [7, 11) is 0. The first-order chi connectivity index (χ1) is 9.69. The fourth-order valence-corrected chi connectivity index (χ4v) is 2.51. The molecular formula is C17H14FNO. The van der Waals surface area contributed by atoms with Crippen LogP contribution in [0.25, 0.3) is 0 Å². The highest BCUT2D eigenvalue weighted by Gasteiger charge is 2.34. The number of rotatable bonds is 2. The smallest absolute Gasteiger partial charge is 0.123 e. The number of aromatic hydroxyl groups is 1. The Bertz CT molecular complexity index is 669. The van der Waals surface area contributed by atoms with Crippen molar-refractivity contribution in [3.05, 3.63) is 77.9 Å². The third-order valence-corrected chi connectivity index (χ3v) is 3.58. The number of phenolic OH excluding ortho intramolecular Hbond substituents is 1. The van der Waals surface area contributed by atoms with Crippen molar-refractivity contribution in [3.8, 4) is 5.75 Å². The Morgan fingerprint density at radius 3 is 2.35 bits per heavy atom. The van der Waals surface area contributed by atoms with Crippen LogP contribution in [0.4, 0.5) is 10.1 Å². The van der Waals surface area contributed by atoms with Gasteiger partial charge in [0.15, 0.2) is 0 Å². The highest BCUT2D eigenvalue weighted by molar-refractivity contribution is 5.59. The molecule has 1 aliphatic rings. The fourth-order valence-electron chi connectivity index (χ4n) is 2.51. The molecule has 3 rings (SSSR count). The average Bonchev–Trinajstić information content (AvgIpc) is 2.43. The van der Waals surface area contributed by atoms with E-state index in [-0.39, 0.29) is 17.6 Å². The van der Waals surface area contributed by atoms with E-state index in [2.05, 4.69) is 17.2 Å². The van der Waals surface area contributed by atoms with Crippen LogP contribution in [-0.2, 0) is 0 Å². The molecule has 0 aliphatic carbocycles. The number of phenols is 1. The van der Waals surface area contributed by atoms with Gasteiger partial charge in [0.05, 0.1) is 11.7 Å². The van der Waals surface area contributed by atoms with Gasteiger partial charge in [-0.2, -0.15) is 0 Å². The number of hydrogen-bond donors (Lipinski definition) is 1. The van der Waals surface area contributed by atoms with Crippen LogP contribution >= 0.6 is 0 Å². The summed E-state index contributed by atoms with van der Waals surface area (Å²) < 4.78 is 13.0. The molecule has 1 N–H and O–H groups in total. The number of hydrogen-bond acceptors (Lipinski definition) is 2. The van der Waals surface area contributed by atoms with Crippen LogP contribution in [0.5, 0.6) is 5.75 Å². The summed E-state index contributed by atoms with van der Waals surface area (Å²) in [4.78, 5) is 2.08. The first kappa shape index (κ1) is 12.5. The molecule has 1 saturated heterocycles. The Morgan fingerprint density at radius 1 is 1.10 bits per heavy atom. The minimum Gasteiger partial charge on any atom is -0.508 e. The van der Waals surface area contributed by atoms with Crippen molar-refractivity contribution in [1.82, 2.24) is 0 Å². The molecule has 100 valence electrons. The molecule has 1 heterocycles. The molecule has 2 aromatic rings. The molecule has 1 atom stereocenters. The van der Waals surface area contributed by atoms with Crippen LogP contribution in [-0.4, -0.2) is 5.11 Å². The summed E-state index contributed by atoms with van der Waals surface area (Å²) in [6, 6.07) is 13.7. The number of anilines is 1. The SMILES string of the molecule is C=C=C1C[C@@H](c2ccc(O)cc2)N1c1ccc(F)cc1. The van der Waals surface area contributed by atoms with Crippen LogP contribution < -0.4 is 4.90 Å². The Kier molecular flexibility index (Phi) is 3.05. The molecule has 3 heteroatoms. The van der Waals surface area contributed by atoms with E-state index in [4.69, 9.17) is 0 Å². The Hall–Kier alpha value is -2.51. The van der Waals surface area contributed by atoms with Crippen molar-refractivity contribution in [2.24, 2.45) is 0 Å². The van der Waals surface area contributed by atoms with Crippen molar-refractivity contribution < 1.29 is 9.50 Å². The van der Waals surface area contributed by atoms with E-state index in [1.807, 2.05) is 12.1 Å². The predicted octanol–water partition coefficient (Wildman–Crippen LogP) is 4.15. The van der Waals surface area contributed by atoms with E-state index in [0.717, 1.165) is 23.4 Å². The van der Waals surface area contributed by atoms with Gasteiger partial charge in [0.1, 0.15) is 11.6 Å². The zero-order valence-electron chi connectivity index (χ0n) is 10.9. The van der Waals surface area contributed by atoms with Gasteiger partial charge in [-0.05, 0) is 42.0 Å². The largest absolute Gasteiger partial charge is 0.508 e. The molecule has 20 heavy (non-hydrogen) atoms. The average molecular weight is 267 g/mol. The van der Waals surface area contributed by atoms with Gasteiger partial charge >= 0.3 is 0 Å². The summed E-state index contributed by atoms with van der Waals surface area (Å²) >= 11 is 0. The highest BCUT2D eigenvalue weighted by atomic mass is 19.1. The molecule has 0 saturated carbocycles. The zero-order chi connectivity index (χ0) is 14.1. The maximum atomic E-state index is 13.0. The van der Waals surface area contributed by atoms with Gasteiger partial charge in [-0.25, -0.2) is 4.39 Å². The van der Waals surface area contributed by atoms with Crippen molar-refractivity contribution >= 4 is 5.69 Å². The molecule has 0 amide bonds. The molecule has 2 aromatic carbocycles. The predicted molar refractivity (Wildman–Crippen MR) is 77.0 cm³/mol. The van der Waals surface area contributed by atoms with Crippen LogP contribution in [0.3, 0.4) is 0 Å². The first-order valence-electron chi connectivity index (χ1n) is 6.41. The fraction of sp³-hybridized carbons (Fsp3) is 0.118. The van der Waals surface area contributed by atoms with Gasteiger partial charge in [0.25, 0.3) is 0 Å². The lowest BCUT2D eigenvalue weighted by Gasteiger charge is -2.44. The lowest BCUT2D eigenvalue weighted by Crippen LogP contribution is -2.38. The Balaban J connectivity index is 1.95. The van der Waals surface area contributed by atoms with Gasteiger partial charge < -0.3 is 10.0 Å².